The van der Waals surface area contributed by atoms with E-state index >= 15 is 0 Å². The molecule has 104 valence electrons. The molecule has 2 N–H and O–H groups in total. The maximum atomic E-state index is 11.8. The lowest BCUT2D eigenvalue weighted by molar-refractivity contribution is -0.136. The highest BCUT2D eigenvalue weighted by atomic mass is 16.6. The molecule has 0 aromatic rings. The van der Waals surface area contributed by atoms with Gasteiger partial charge in [0, 0.05) is 19.1 Å². The molecule has 0 unspecified atom stereocenters. The van der Waals surface area contributed by atoms with Crippen LogP contribution in [0.15, 0.2) is 0 Å². The summed E-state index contributed by atoms with van der Waals surface area (Å²) in [6.45, 7) is 6.69. The lowest BCUT2D eigenvalue weighted by atomic mass is 10.1. The predicted octanol–water partition coefficient (Wildman–Crippen LogP) is 1.06. The highest BCUT2D eigenvalue weighted by Crippen LogP contribution is 2.15. The Hall–Kier alpha value is -1.30. The molecule has 1 aliphatic heterocycles. The SMILES string of the molecule is CC(C)(C)OC(=O)N1CCC(NCC(=O)O)CC1. The number of carbonyl (C=O) groups excluding carboxylic acids is 1. The van der Waals surface area contributed by atoms with Crippen LogP contribution in [0.1, 0.15) is 33.6 Å². The van der Waals surface area contributed by atoms with Crippen molar-refractivity contribution in [1.82, 2.24) is 10.2 Å². The molecule has 0 aromatic heterocycles. The molecule has 1 saturated heterocycles. The number of rotatable bonds is 3. The van der Waals surface area contributed by atoms with Gasteiger partial charge in [-0.25, -0.2) is 4.79 Å². The molecule has 0 bridgehead atoms. The van der Waals surface area contributed by atoms with E-state index in [0.717, 1.165) is 12.8 Å². The van der Waals surface area contributed by atoms with Gasteiger partial charge in [-0.3, -0.25) is 4.79 Å². The van der Waals surface area contributed by atoms with Gasteiger partial charge in [-0.15, -0.1) is 0 Å². The van der Waals surface area contributed by atoms with Crippen molar-refractivity contribution in [2.75, 3.05) is 19.6 Å². The summed E-state index contributed by atoms with van der Waals surface area (Å²) in [5.41, 5.74) is -0.477. The van der Waals surface area contributed by atoms with E-state index in [1.165, 1.54) is 0 Å². The molecule has 0 saturated carbocycles. The summed E-state index contributed by atoms with van der Waals surface area (Å²) in [6.07, 6.45) is 1.22. The van der Waals surface area contributed by atoms with Crippen LogP contribution in [0.2, 0.25) is 0 Å². The van der Waals surface area contributed by atoms with Crippen molar-refractivity contribution in [2.45, 2.75) is 45.3 Å². The predicted molar refractivity (Wildman–Crippen MR) is 66.5 cm³/mol. The minimum Gasteiger partial charge on any atom is -0.480 e. The van der Waals surface area contributed by atoms with Gasteiger partial charge in [-0.2, -0.15) is 0 Å². The molecule has 6 nitrogen and oxygen atoms in total. The molecule has 0 atom stereocenters. The van der Waals surface area contributed by atoms with Crippen molar-refractivity contribution in [3.05, 3.63) is 0 Å². The first-order valence-electron chi connectivity index (χ1n) is 6.21. The Kier molecular flexibility index (Phi) is 4.95. The largest absolute Gasteiger partial charge is 0.480 e. The summed E-state index contributed by atoms with van der Waals surface area (Å²) in [4.78, 5) is 23.9. The molecule has 0 spiro atoms. The van der Waals surface area contributed by atoms with E-state index in [-0.39, 0.29) is 18.7 Å². The number of nitrogens with zero attached hydrogens (tertiary/aromatic N) is 1. The van der Waals surface area contributed by atoms with E-state index in [2.05, 4.69) is 5.32 Å². The van der Waals surface area contributed by atoms with Gasteiger partial charge in [-0.05, 0) is 33.6 Å². The average molecular weight is 258 g/mol. The Balaban J connectivity index is 2.30. The molecule has 1 rings (SSSR count). The molecule has 1 fully saturated rings. The molecule has 18 heavy (non-hydrogen) atoms. The Bertz CT molecular complexity index is 304. The number of nitrogens with one attached hydrogen (secondary N) is 1. The number of carbonyl (C=O) groups is 2. The van der Waals surface area contributed by atoms with Crippen LogP contribution < -0.4 is 5.32 Å². The third-order valence-electron chi connectivity index (χ3n) is 2.69. The van der Waals surface area contributed by atoms with Crippen LogP contribution in [0.4, 0.5) is 4.79 Å². The monoisotopic (exact) mass is 258 g/mol. The number of carboxylic acid groups (broad SMARTS) is 1. The van der Waals surface area contributed by atoms with Gasteiger partial charge in [0.25, 0.3) is 0 Å². The lowest BCUT2D eigenvalue weighted by Crippen LogP contribution is -2.47. The zero-order valence-electron chi connectivity index (χ0n) is 11.2. The van der Waals surface area contributed by atoms with Gasteiger partial charge in [0.2, 0.25) is 0 Å². The number of aliphatic carboxylic acids is 1. The molecule has 0 aromatic carbocycles. The maximum absolute atomic E-state index is 11.8. The average Bonchev–Trinajstić information content (AvgIpc) is 2.24. The third kappa shape index (κ3) is 5.35. The van der Waals surface area contributed by atoms with Crippen molar-refractivity contribution in [1.29, 1.82) is 0 Å². The van der Waals surface area contributed by atoms with Crippen molar-refractivity contribution in [2.24, 2.45) is 0 Å². The number of carboxylic acids is 1. The molecular formula is C12H22N2O4. The summed E-state index contributed by atoms with van der Waals surface area (Å²) in [5.74, 6) is -0.857. The van der Waals surface area contributed by atoms with Gasteiger partial charge in [-0.1, -0.05) is 0 Å². The maximum Gasteiger partial charge on any atom is 0.410 e. The molecule has 6 heteroatoms. The second-order valence-corrected chi connectivity index (χ2v) is 5.52. The normalized spacial score (nSPS) is 17.6. The van der Waals surface area contributed by atoms with E-state index in [9.17, 15) is 9.59 Å². The van der Waals surface area contributed by atoms with E-state index in [4.69, 9.17) is 9.84 Å². The third-order valence-corrected chi connectivity index (χ3v) is 2.69. The highest BCUT2D eigenvalue weighted by molar-refractivity contribution is 5.69. The Morgan fingerprint density at radius 3 is 2.33 bits per heavy atom. The first-order chi connectivity index (χ1) is 8.28. The smallest absolute Gasteiger partial charge is 0.410 e. The van der Waals surface area contributed by atoms with Crippen LogP contribution in [0.3, 0.4) is 0 Å². The topological polar surface area (TPSA) is 78.9 Å². The summed E-state index contributed by atoms with van der Waals surface area (Å²) < 4.78 is 5.28. The van der Waals surface area contributed by atoms with E-state index in [0.29, 0.717) is 13.1 Å². The zero-order chi connectivity index (χ0) is 13.8. The summed E-state index contributed by atoms with van der Waals surface area (Å²) in [6, 6.07) is 0.166. The van der Waals surface area contributed by atoms with E-state index in [1.807, 2.05) is 20.8 Å². The Labute approximate surface area is 107 Å². The number of amides is 1. The second-order valence-electron chi connectivity index (χ2n) is 5.52. The van der Waals surface area contributed by atoms with Crippen molar-refractivity contribution in [3.8, 4) is 0 Å². The quantitative estimate of drug-likeness (QED) is 0.791. The molecular weight excluding hydrogens is 236 g/mol. The van der Waals surface area contributed by atoms with E-state index < -0.39 is 11.6 Å². The minimum absolute atomic E-state index is 0.0307. The van der Waals surface area contributed by atoms with E-state index in [1.54, 1.807) is 4.90 Å². The first-order valence-corrected chi connectivity index (χ1v) is 6.21. The van der Waals surface area contributed by atoms with Gasteiger partial charge in [0.05, 0.1) is 6.54 Å². The fourth-order valence-corrected chi connectivity index (χ4v) is 1.82. The second kappa shape index (κ2) is 6.04. The molecule has 0 aliphatic carbocycles. The fourth-order valence-electron chi connectivity index (χ4n) is 1.82. The summed E-state index contributed by atoms with van der Waals surface area (Å²) in [5, 5.41) is 11.5. The number of ether oxygens (including phenoxy) is 1. The lowest BCUT2D eigenvalue weighted by Gasteiger charge is -2.33. The first kappa shape index (κ1) is 14.8. The van der Waals surface area contributed by atoms with Crippen molar-refractivity contribution < 1.29 is 19.4 Å². The van der Waals surface area contributed by atoms with Crippen molar-refractivity contribution in [3.63, 3.8) is 0 Å². The minimum atomic E-state index is -0.857. The molecule has 0 radical (unpaired) electrons. The molecule has 1 heterocycles. The standard InChI is InChI=1S/C12H22N2O4/c1-12(2,3)18-11(17)14-6-4-9(5-7-14)13-8-10(15)16/h9,13H,4-8H2,1-3H3,(H,15,16). The highest BCUT2D eigenvalue weighted by Gasteiger charge is 2.26. The fraction of sp³-hybridized carbons (Fsp3) is 0.833. The summed E-state index contributed by atoms with van der Waals surface area (Å²) >= 11 is 0. The van der Waals surface area contributed by atoms with Crippen molar-refractivity contribution >= 4 is 12.1 Å². The molecule has 1 amide bonds. The van der Waals surface area contributed by atoms with Crippen LogP contribution in [-0.2, 0) is 9.53 Å². The number of hydrogen-bond donors (Lipinski definition) is 2. The van der Waals surface area contributed by atoms with Crippen LogP contribution in [0.25, 0.3) is 0 Å². The van der Waals surface area contributed by atoms with Crippen LogP contribution >= 0.6 is 0 Å². The molecule has 1 aliphatic rings. The number of hydrogen-bond acceptors (Lipinski definition) is 4. The zero-order valence-corrected chi connectivity index (χ0v) is 11.2. The Morgan fingerprint density at radius 2 is 1.89 bits per heavy atom. The Morgan fingerprint density at radius 1 is 1.33 bits per heavy atom. The van der Waals surface area contributed by atoms with Crippen LogP contribution in [0.5, 0.6) is 0 Å². The van der Waals surface area contributed by atoms with Gasteiger partial charge in [0.15, 0.2) is 0 Å². The van der Waals surface area contributed by atoms with Gasteiger partial charge >= 0.3 is 12.1 Å². The van der Waals surface area contributed by atoms with Crippen LogP contribution in [-0.4, -0.2) is 53.3 Å². The number of piperidine rings is 1. The van der Waals surface area contributed by atoms with Gasteiger partial charge in [0.1, 0.15) is 5.60 Å². The van der Waals surface area contributed by atoms with Crippen LogP contribution in [0, 0.1) is 0 Å². The number of likely N-dealkylation sites (tertiary alicyclic amines) is 1. The summed E-state index contributed by atoms with van der Waals surface area (Å²) in [7, 11) is 0. The van der Waals surface area contributed by atoms with Gasteiger partial charge < -0.3 is 20.1 Å².